The molecule has 0 spiro atoms. The van der Waals surface area contributed by atoms with Crippen LogP contribution in [-0.4, -0.2) is 107 Å². The minimum atomic E-state index is -0.443. The van der Waals surface area contributed by atoms with Crippen molar-refractivity contribution in [2.75, 3.05) is 0 Å². The van der Waals surface area contributed by atoms with Gasteiger partial charge in [-0.2, -0.15) is 0 Å². The fraction of sp³-hybridized carbons (Fsp3) is 0.310. The summed E-state index contributed by atoms with van der Waals surface area (Å²) in [6, 6.07) is 87.4. The summed E-state index contributed by atoms with van der Waals surface area (Å²) in [5.41, 5.74) is 34.1. The second-order valence-electron chi connectivity index (χ2n) is 37.0. The predicted octanol–water partition coefficient (Wildman–Crippen LogP) is 25.5. The quantitative estimate of drug-likeness (QED) is 0.0331. The molecular formula is C116H135Ir4N9O6-4. The number of aryl methyl sites for hydroxylation is 7. The summed E-state index contributed by atoms with van der Waals surface area (Å²) < 4.78 is 0. The minimum Gasteiger partial charge on any atom is -0.398 e. The zero-order chi connectivity index (χ0) is 95.5. The number of rotatable bonds is 17. The zero-order valence-electron chi connectivity index (χ0n) is 81.9. The Morgan fingerprint density at radius 1 is 0.378 bits per heavy atom. The first kappa shape index (κ1) is 117. The van der Waals surface area contributed by atoms with E-state index in [1.807, 2.05) is 157 Å². The van der Waals surface area contributed by atoms with Crippen LogP contribution in [0.25, 0.3) is 106 Å². The summed E-state index contributed by atoms with van der Waals surface area (Å²) in [7, 11) is 0. The molecule has 0 bridgehead atoms. The number of aliphatic hydroxyl groups is 6. The molecule has 1 aliphatic carbocycles. The van der Waals surface area contributed by atoms with Crippen LogP contribution < -0.4 is 5.73 Å². The van der Waals surface area contributed by atoms with Crippen LogP contribution in [0.2, 0.25) is 0 Å². The van der Waals surface area contributed by atoms with Gasteiger partial charge in [-0.1, -0.05) is 254 Å². The number of hydrogen-bond acceptors (Lipinski definition) is 15. The fourth-order valence-electron chi connectivity index (χ4n) is 14.0. The van der Waals surface area contributed by atoms with Crippen LogP contribution >= 0.6 is 0 Å². The second-order valence-corrected chi connectivity index (χ2v) is 37.0. The van der Waals surface area contributed by atoms with Crippen molar-refractivity contribution in [3.8, 4) is 78.8 Å². The third kappa shape index (κ3) is 39.3. The molecule has 15 nitrogen and oxygen atoms in total. The van der Waals surface area contributed by atoms with Crippen molar-refractivity contribution < 1.29 is 111 Å². The number of unbranched alkanes of at least 4 members (excludes halogenated alkanes) is 1. The van der Waals surface area contributed by atoms with Gasteiger partial charge in [-0.15, -0.1) is 130 Å². The molecule has 0 saturated carbocycles. The standard InChI is InChI=1S/2C22H17N2.C19H23N.C18H15N2.C14H15N2.C11H24O2.2C5H12O2.4Ir/c2*1-15-7-8-16(2)20(11-15)22-13-21(23-14-24-22)19-10-9-17-5-3-4-6-18(17)12-19;1-15-12-13-16(2)18(14-15)19(20)11-7-6-10-17-8-4-3-5-9-17;1-13-8-6-7-11-16(13)18-14(2)17(19-12-20-18)15-9-4-3-5-10-15;1-14(2,3)13-9-12(15-10-16-13)11-7-5-4-6-8-11;1-10(2,3)8(12)7-9(13)11(4,5)6;2*1-4(6)3-5(2)7;;;;/h2*3-9,11-14H,1-2H3;3-5,8,10-14H,6-7,9,20H2,1-2H3;3-9,11-12H,1-2H3;4-7,9-10H,1-3H3;8-9,12-13H,7H2,1-6H3;2*4-7H,3H2,1-2H3;;;;/q2*-1;;2*-1;;;;;;;/b;;17-10-,19-11-;;;;;;;;;. The molecule has 6 atom stereocenters. The molecule has 14 aromatic rings. The molecule has 15 rings (SSSR count). The van der Waals surface area contributed by atoms with Gasteiger partial charge in [0.25, 0.3) is 0 Å². The number of aromatic nitrogens is 8. The van der Waals surface area contributed by atoms with Gasteiger partial charge in [0.05, 0.1) is 53.7 Å². The maximum Gasteiger partial charge on any atom is 0.106 e. The molecule has 135 heavy (non-hydrogen) atoms. The molecule has 4 radical (unpaired) electrons. The summed E-state index contributed by atoms with van der Waals surface area (Å²) in [5.74, 6) is 0. The average Bonchev–Trinajstić information content (AvgIpc) is 0.802. The van der Waals surface area contributed by atoms with Crippen LogP contribution in [0.4, 0.5) is 0 Å². The average molecular weight is 2520 g/mol. The van der Waals surface area contributed by atoms with Crippen LogP contribution in [0.5, 0.6) is 0 Å². The number of aliphatic hydroxyl groups excluding tert-OH is 6. The number of nitrogens with zero attached hydrogens (tertiary/aromatic N) is 8. The van der Waals surface area contributed by atoms with Gasteiger partial charge in [-0.25, -0.2) is 19.9 Å². The topological polar surface area (TPSA) is 251 Å². The Hall–Kier alpha value is -9.84. The van der Waals surface area contributed by atoms with Gasteiger partial charge in [0.1, 0.15) is 25.3 Å². The molecule has 0 amide bonds. The zero-order valence-corrected chi connectivity index (χ0v) is 91.5. The summed E-state index contributed by atoms with van der Waals surface area (Å²) >= 11 is 0. The summed E-state index contributed by atoms with van der Waals surface area (Å²) in [6.07, 6.45) is 21.6. The van der Waals surface area contributed by atoms with Gasteiger partial charge < -0.3 is 36.4 Å². The van der Waals surface area contributed by atoms with Crippen molar-refractivity contribution in [2.45, 2.75) is 226 Å². The van der Waals surface area contributed by atoms with Crippen molar-refractivity contribution in [2.24, 2.45) is 16.6 Å². The molecule has 19 heteroatoms. The van der Waals surface area contributed by atoms with Crippen LogP contribution in [-0.2, 0) is 85.8 Å². The van der Waals surface area contributed by atoms with E-state index in [2.05, 4.69) is 280 Å². The van der Waals surface area contributed by atoms with Crippen molar-refractivity contribution in [3.05, 3.63) is 366 Å². The molecule has 0 aliphatic heterocycles. The molecule has 4 aromatic heterocycles. The minimum absolute atomic E-state index is 0. The Kier molecular flexibility index (Phi) is 50.5. The van der Waals surface area contributed by atoms with Gasteiger partial charge in [0, 0.05) is 126 Å². The molecule has 10 aromatic carbocycles. The van der Waals surface area contributed by atoms with E-state index in [-0.39, 0.29) is 121 Å². The third-order valence-electron chi connectivity index (χ3n) is 21.8. The first-order valence-electron chi connectivity index (χ1n) is 45.1. The second kappa shape index (κ2) is 58.0. The van der Waals surface area contributed by atoms with E-state index in [1.165, 1.54) is 66.1 Å². The summed E-state index contributed by atoms with van der Waals surface area (Å²) in [6.45, 7) is 41.7. The van der Waals surface area contributed by atoms with E-state index in [0.717, 1.165) is 121 Å². The third-order valence-corrected chi connectivity index (χ3v) is 21.8. The monoisotopic (exact) mass is 2520 g/mol. The Labute approximate surface area is 858 Å². The van der Waals surface area contributed by atoms with E-state index in [1.54, 1.807) is 53.0 Å². The number of benzene rings is 10. The van der Waals surface area contributed by atoms with Gasteiger partial charge in [0.15, 0.2) is 0 Å². The molecule has 0 saturated heterocycles. The largest absolute Gasteiger partial charge is 0.398 e. The van der Waals surface area contributed by atoms with Crippen molar-refractivity contribution in [1.29, 1.82) is 0 Å². The Balaban J connectivity index is 0.000000330. The number of allylic oxidation sites excluding steroid dienone is 7. The Morgan fingerprint density at radius 2 is 0.785 bits per heavy atom. The van der Waals surface area contributed by atoms with Crippen molar-refractivity contribution >= 4 is 27.2 Å². The normalized spacial score (nSPS) is 13.0. The van der Waals surface area contributed by atoms with Crippen molar-refractivity contribution in [3.63, 3.8) is 0 Å². The predicted molar refractivity (Wildman–Crippen MR) is 543 cm³/mol. The maximum atomic E-state index is 9.76. The molecule has 720 valence electrons. The molecule has 0 fully saturated rings. The fourth-order valence-corrected chi connectivity index (χ4v) is 14.0. The van der Waals surface area contributed by atoms with Gasteiger partial charge in [-0.3, -0.25) is 19.9 Å². The maximum absolute atomic E-state index is 9.76. The van der Waals surface area contributed by atoms with Gasteiger partial charge >= 0.3 is 0 Å². The van der Waals surface area contributed by atoms with Gasteiger partial charge in [-0.05, 0) is 200 Å². The van der Waals surface area contributed by atoms with E-state index in [9.17, 15) is 10.2 Å². The van der Waals surface area contributed by atoms with Gasteiger partial charge in [0.2, 0.25) is 0 Å². The molecule has 6 unspecified atom stereocenters. The molecule has 1 aliphatic rings. The van der Waals surface area contributed by atoms with Crippen LogP contribution in [0.3, 0.4) is 0 Å². The van der Waals surface area contributed by atoms with Crippen LogP contribution in [0.1, 0.15) is 184 Å². The van der Waals surface area contributed by atoms with E-state index in [0.29, 0.717) is 19.3 Å². The molecular weight excluding hydrogens is 2380 g/mol. The number of hydrogen-bond donors (Lipinski definition) is 7. The Morgan fingerprint density at radius 3 is 1.22 bits per heavy atom. The number of fused-ring (bicyclic) bond motifs is 2. The summed E-state index contributed by atoms with van der Waals surface area (Å²) in [4.78, 5) is 35.3. The van der Waals surface area contributed by atoms with E-state index >= 15 is 0 Å². The SMILES string of the molecule is CC(C)(C)C(O)CC(O)C(C)(C)C.CC(C)(C)c1cc(-c2[c-]cccc2)ncn1.CC(O)CC(C)O.CC(O)CC(C)O.Cc1ccc(C)c(-c2cc(-c3[c-]cc4ccccc4c3)ncn2)c1.Cc1ccc(C)c(-c2cc(-c3[c-]cc4ccccc4c3)ncn2)c1.Cc1ccc(C)c(/C(N)=C/CC/C=C2/C=CC=CC2)c1.Cc1ccccc1-c1ncnc(-c2[c-]cccc2)c1C.[Ir].[Ir].[Ir].[Ir]. The first-order valence-corrected chi connectivity index (χ1v) is 45.1. The molecule has 8 N–H and O–H groups in total. The smallest absolute Gasteiger partial charge is 0.106 e. The van der Waals surface area contributed by atoms with Crippen LogP contribution in [0.15, 0.2) is 286 Å². The van der Waals surface area contributed by atoms with E-state index in [4.69, 9.17) is 26.2 Å². The Bertz CT molecular complexity index is 5870. The molecule has 4 heterocycles. The van der Waals surface area contributed by atoms with E-state index < -0.39 is 12.2 Å². The first-order chi connectivity index (χ1) is 62.2. The van der Waals surface area contributed by atoms with Crippen molar-refractivity contribution in [1.82, 2.24) is 39.9 Å². The summed E-state index contributed by atoms with van der Waals surface area (Å²) in [5, 5.41) is 58.5. The number of nitrogens with two attached hydrogens (primary N) is 1. The van der Waals surface area contributed by atoms with Crippen LogP contribution in [0, 0.1) is 90.5 Å².